The van der Waals surface area contributed by atoms with Crippen molar-refractivity contribution in [3.8, 4) is 0 Å². The first-order valence-corrected chi connectivity index (χ1v) is 17.9. The molecule has 4 heteroatoms. The monoisotopic (exact) mass is 566 g/mol. The Bertz CT molecular complexity index is 536. The van der Waals surface area contributed by atoms with Crippen LogP contribution in [0, 0.1) is 0 Å². The summed E-state index contributed by atoms with van der Waals surface area (Å²) < 4.78 is 0. The Balaban J connectivity index is 3.58. The van der Waals surface area contributed by atoms with Crippen LogP contribution in [0.2, 0.25) is 0 Å². The molecule has 0 aliphatic heterocycles. The summed E-state index contributed by atoms with van der Waals surface area (Å²) in [5.74, 6) is -0.0407. The molecule has 0 saturated carbocycles. The summed E-state index contributed by atoms with van der Waals surface area (Å²) in [5.41, 5.74) is 0. The molecule has 2 unspecified atom stereocenters. The highest BCUT2D eigenvalue weighted by Crippen LogP contribution is 2.15. The van der Waals surface area contributed by atoms with Crippen LogP contribution in [0.1, 0.15) is 194 Å². The maximum atomic E-state index is 12.3. The smallest absolute Gasteiger partial charge is 0.220 e. The second kappa shape index (κ2) is 32.6. The third-order valence-electron chi connectivity index (χ3n) is 8.28. The summed E-state index contributed by atoms with van der Waals surface area (Å²) in [4.78, 5) is 12.3. The molecule has 0 radical (unpaired) electrons. The minimum absolute atomic E-state index is 0.0407. The minimum Gasteiger partial charge on any atom is -0.394 e. The number of amides is 1. The van der Waals surface area contributed by atoms with E-state index in [0.29, 0.717) is 12.8 Å². The van der Waals surface area contributed by atoms with Crippen LogP contribution in [0.25, 0.3) is 0 Å². The first-order valence-electron chi connectivity index (χ1n) is 17.9. The molecule has 0 aliphatic rings. The highest BCUT2D eigenvalue weighted by molar-refractivity contribution is 5.76. The minimum atomic E-state index is -0.657. The van der Waals surface area contributed by atoms with Gasteiger partial charge in [-0.3, -0.25) is 4.79 Å². The zero-order chi connectivity index (χ0) is 29.4. The number of aliphatic hydroxyl groups excluding tert-OH is 2. The fourth-order valence-corrected chi connectivity index (χ4v) is 5.47. The SMILES string of the molecule is CCCCCCCC/C=C\CCCCCCCC(=O)NC(CO)C(O)CCCCCCCCCCCCCCC. The molecule has 0 aromatic heterocycles. The largest absolute Gasteiger partial charge is 0.394 e. The fraction of sp³-hybridized carbons (Fsp3) is 0.917. The molecule has 0 saturated heterocycles. The molecule has 1 amide bonds. The summed E-state index contributed by atoms with van der Waals surface area (Å²) in [5, 5.41) is 23.0. The van der Waals surface area contributed by atoms with Crippen molar-refractivity contribution in [1.29, 1.82) is 0 Å². The van der Waals surface area contributed by atoms with Gasteiger partial charge in [0.05, 0.1) is 18.8 Å². The maximum absolute atomic E-state index is 12.3. The summed E-state index contributed by atoms with van der Waals surface area (Å²) >= 11 is 0. The summed E-state index contributed by atoms with van der Waals surface area (Å²) in [7, 11) is 0. The Hall–Kier alpha value is -0.870. The molecular formula is C36H71NO3. The van der Waals surface area contributed by atoms with Crippen molar-refractivity contribution in [2.75, 3.05) is 6.61 Å². The van der Waals surface area contributed by atoms with E-state index in [9.17, 15) is 15.0 Å². The van der Waals surface area contributed by atoms with Crippen molar-refractivity contribution < 1.29 is 15.0 Å². The number of rotatable bonds is 32. The predicted octanol–water partition coefficient (Wildman–Crippen LogP) is 10.3. The van der Waals surface area contributed by atoms with Gasteiger partial charge in [-0.25, -0.2) is 0 Å². The van der Waals surface area contributed by atoms with E-state index in [-0.39, 0.29) is 12.5 Å². The first kappa shape index (κ1) is 39.1. The summed E-state index contributed by atoms with van der Waals surface area (Å²) in [6.45, 7) is 4.34. The second-order valence-corrected chi connectivity index (χ2v) is 12.3. The normalized spacial score (nSPS) is 13.2. The highest BCUT2D eigenvalue weighted by atomic mass is 16.3. The Morgan fingerprint density at radius 3 is 1.38 bits per heavy atom. The van der Waals surface area contributed by atoms with Gasteiger partial charge in [-0.2, -0.15) is 0 Å². The number of carbonyl (C=O) groups excluding carboxylic acids is 1. The molecule has 4 nitrogen and oxygen atoms in total. The lowest BCUT2D eigenvalue weighted by Crippen LogP contribution is -2.45. The molecular weight excluding hydrogens is 494 g/mol. The number of hydrogen-bond acceptors (Lipinski definition) is 3. The van der Waals surface area contributed by atoms with Crippen LogP contribution in [0.4, 0.5) is 0 Å². The van der Waals surface area contributed by atoms with Crippen LogP contribution in [-0.4, -0.2) is 34.9 Å². The lowest BCUT2D eigenvalue weighted by molar-refractivity contribution is -0.123. The molecule has 0 aromatic rings. The molecule has 0 bridgehead atoms. The van der Waals surface area contributed by atoms with Gasteiger partial charge in [-0.15, -0.1) is 0 Å². The van der Waals surface area contributed by atoms with Crippen LogP contribution in [-0.2, 0) is 4.79 Å². The summed E-state index contributed by atoms with van der Waals surface area (Å²) in [6, 6.07) is -0.534. The number of allylic oxidation sites excluding steroid dienone is 2. The van der Waals surface area contributed by atoms with Crippen LogP contribution >= 0.6 is 0 Å². The van der Waals surface area contributed by atoms with E-state index in [1.807, 2.05) is 0 Å². The van der Waals surface area contributed by atoms with E-state index >= 15 is 0 Å². The molecule has 3 N–H and O–H groups in total. The molecule has 0 heterocycles. The lowest BCUT2D eigenvalue weighted by atomic mass is 10.0. The number of aliphatic hydroxyl groups is 2. The van der Waals surface area contributed by atoms with Gasteiger partial charge in [-0.1, -0.05) is 161 Å². The van der Waals surface area contributed by atoms with Crippen LogP contribution in [0.15, 0.2) is 12.2 Å². The number of carbonyl (C=O) groups is 1. The van der Waals surface area contributed by atoms with Gasteiger partial charge in [0.2, 0.25) is 5.91 Å². The lowest BCUT2D eigenvalue weighted by Gasteiger charge is -2.22. The van der Waals surface area contributed by atoms with Gasteiger partial charge >= 0.3 is 0 Å². The zero-order valence-electron chi connectivity index (χ0n) is 27.1. The van der Waals surface area contributed by atoms with Crippen molar-refractivity contribution in [1.82, 2.24) is 5.32 Å². The van der Waals surface area contributed by atoms with E-state index < -0.39 is 12.1 Å². The Morgan fingerprint density at radius 1 is 0.575 bits per heavy atom. The van der Waals surface area contributed by atoms with Gasteiger partial charge in [0.1, 0.15) is 0 Å². The second-order valence-electron chi connectivity index (χ2n) is 12.3. The molecule has 0 fully saturated rings. The highest BCUT2D eigenvalue weighted by Gasteiger charge is 2.19. The number of hydrogen-bond donors (Lipinski definition) is 3. The Morgan fingerprint density at radius 2 is 0.950 bits per heavy atom. The van der Waals surface area contributed by atoms with Crippen molar-refractivity contribution in [3.63, 3.8) is 0 Å². The van der Waals surface area contributed by atoms with Crippen LogP contribution < -0.4 is 5.32 Å². The van der Waals surface area contributed by atoms with Crippen molar-refractivity contribution in [2.45, 2.75) is 206 Å². The molecule has 0 rings (SSSR count). The van der Waals surface area contributed by atoms with Crippen molar-refractivity contribution in [2.24, 2.45) is 0 Å². The first-order chi connectivity index (χ1) is 19.7. The molecule has 238 valence electrons. The molecule has 0 aromatic carbocycles. The van der Waals surface area contributed by atoms with Crippen molar-refractivity contribution in [3.05, 3.63) is 12.2 Å². The Labute approximate surface area is 250 Å². The third-order valence-corrected chi connectivity index (χ3v) is 8.28. The summed E-state index contributed by atoms with van der Waals surface area (Å²) in [6.07, 6.45) is 38.3. The van der Waals surface area contributed by atoms with E-state index in [1.165, 1.54) is 141 Å². The fourth-order valence-electron chi connectivity index (χ4n) is 5.47. The van der Waals surface area contributed by atoms with E-state index in [2.05, 4.69) is 31.3 Å². The van der Waals surface area contributed by atoms with Crippen LogP contribution in [0.3, 0.4) is 0 Å². The van der Waals surface area contributed by atoms with Gasteiger partial charge in [0.25, 0.3) is 0 Å². The van der Waals surface area contributed by atoms with Gasteiger partial charge in [-0.05, 0) is 38.5 Å². The predicted molar refractivity (Wildman–Crippen MR) is 175 cm³/mol. The molecule has 40 heavy (non-hydrogen) atoms. The third kappa shape index (κ3) is 28.7. The van der Waals surface area contributed by atoms with Crippen LogP contribution in [0.5, 0.6) is 0 Å². The number of unbranched alkanes of at least 4 members (excludes halogenated alkanes) is 23. The quantitative estimate of drug-likeness (QED) is 0.0561. The standard InChI is InChI=1S/C36H71NO3/c1-3-5-7-9-11-13-15-17-18-20-22-24-26-28-30-32-36(40)37-34(33-38)35(39)31-29-27-25-23-21-19-16-14-12-10-8-6-4-2/h17-18,34-35,38-39H,3-16,19-33H2,1-2H3,(H,37,40)/b18-17-. The van der Waals surface area contributed by atoms with Gasteiger partial charge in [0.15, 0.2) is 0 Å². The van der Waals surface area contributed by atoms with Gasteiger partial charge in [0, 0.05) is 6.42 Å². The molecule has 0 spiro atoms. The molecule has 2 atom stereocenters. The topological polar surface area (TPSA) is 69.6 Å². The number of nitrogens with one attached hydrogen (secondary N) is 1. The zero-order valence-corrected chi connectivity index (χ0v) is 27.1. The van der Waals surface area contributed by atoms with E-state index in [4.69, 9.17) is 0 Å². The van der Waals surface area contributed by atoms with Crippen molar-refractivity contribution >= 4 is 5.91 Å². The van der Waals surface area contributed by atoms with E-state index in [1.54, 1.807) is 0 Å². The maximum Gasteiger partial charge on any atom is 0.220 e. The van der Waals surface area contributed by atoms with Gasteiger partial charge < -0.3 is 15.5 Å². The average Bonchev–Trinajstić information content (AvgIpc) is 2.96. The molecule has 0 aliphatic carbocycles. The Kier molecular flexibility index (Phi) is 31.9. The van der Waals surface area contributed by atoms with E-state index in [0.717, 1.165) is 25.7 Å². The average molecular weight is 566 g/mol.